The minimum Gasteiger partial charge on any atom is -0.342 e. The van der Waals surface area contributed by atoms with Crippen LogP contribution in [0.3, 0.4) is 0 Å². The summed E-state index contributed by atoms with van der Waals surface area (Å²) in [5.74, 6) is 0.858. The van der Waals surface area contributed by atoms with Crippen LogP contribution in [0.5, 0.6) is 0 Å². The van der Waals surface area contributed by atoms with Crippen LogP contribution in [0.1, 0.15) is 32.5 Å². The van der Waals surface area contributed by atoms with E-state index in [1.54, 1.807) is 30.5 Å². The summed E-state index contributed by atoms with van der Waals surface area (Å²) in [5, 5.41) is 6.88. The Labute approximate surface area is 117 Å². The van der Waals surface area contributed by atoms with Gasteiger partial charge in [-0.05, 0) is 32.6 Å². The normalized spacial score (nSPS) is 25.8. The van der Waals surface area contributed by atoms with E-state index in [9.17, 15) is 9.59 Å². The third-order valence-electron chi connectivity index (χ3n) is 4.25. The Morgan fingerprint density at radius 1 is 1.40 bits per heavy atom. The summed E-state index contributed by atoms with van der Waals surface area (Å²) in [6, 6.07) is -0.372. The Balaban J connectivity index is 1.89. The van der Waals surface area contributed by atoms with Crippen molar-refractivity contribution in [3.05, 3.63) is 12.2 Å². The van der Waals surface area contributed by atoms with E-state index < -0.39 is 5.54 Å². The molecule has 2 aliphatic rings. The summed E-state index contributed by atoms with van der Waals surface area (Å²) < 4.78 is 1.63. The zero-order valence-electron chi connectivity index (χ0n) is 12.0. The summed E-state index contributed by atoms with van der Waals surface area (Å²) >= 11 is 0. The molecule has 1 aliphatic heterocycles. The molecule has 0 spiro atoms. The predicted octanol–water partition coefficient (Wildman–Crippen LogP) is -0.169. The number of carbonyl (C=O) groups excluding carboxylic acids is 2. The number of piperazine rings is 1. The van der Waals surface area contributed by atoms with Gasteiger partial charge in [-0.3, -0.25) is 14.3 Å². The molecule has 2 amide bonds. The summed E-state index contributed by atoms with van der Waals surface area (Å²) in [7, 11) is 1.78. The number of carbonyl (C=O) groups is 2. The van der Waals surface area contributed by atoms with Crippen molar-refractivity contribution in [1.82, 2.24) is 25.0 Å². The number of hydrogen-bond acceptors (Lipinski definition) is 4. The average molecular weight is 277 g/mol. The summed E-state index contributed by atoms with van der Waals surface area (Å²) in [6.07, 6.45) is 3.47. The number of nitrogens with one attached hydrogen (secondary N) is 1. The van der Waals surface area contributed by atoms with Crippen LogP contribution in [0.15, 0.2) is 6.33 Å². The zero-order chi connectivity index (χ0) is 14.5. The molecular weight excluding hydrogens is 258 g/mol. The molecule has 1 atom stereocenters. The summed E-state index contributed by atoms with van der Waals surface area (Å²) in [5.41, 5.74) is -0.867. The van der Waals surface area contributed by atoms with Crippen molar-refractivity contribution in [1.29, 1.82) is 0 Å². The second kappa shape index (κ2) is 4.29. The van der Waals surface area contributed by atoms with Crippen molar-refractivity contribution >= 4 is 11.8 Å². The minimum atomic E-state index is -0.867. The smallest absolute Gasteiger partial charge is 0.246 e. The van der Waals surface area contributed by atoms with Gasteiger partial charge in [0.1, 0.15) is 23.7 Å². The Bertz CT molecular complexity index is 561. The van der Waals surface area contributed by atoms with E-state index in [4.69, 9.17) is 0 Å². The predicted molar refractivity (Wildman–Crippen MR) is 70.3 cm³/mol. The van der Waals surface area contributed by atoms with Gasteiger partial charge in [0.2, 0.25) is 11.8 Å². The minimum absolute atomic E-state index is 0.0138. The van der Waals surface area contributed by atoms with Gasteiger partial charge in [-0.25, -0.2) is 4.98 Å². The first-order valence-corrected chi connectivity index (χ1v) is 6.86. The van der Waals surface area contributed by atoms with Gasteiger partial charge in [0, 0.05) is 7.05 Å². The first-order valence-electron chi connectivity index (χ1n) is 6.86. The molecule has 0 radical (unpaired) electrons. The highest BCUT2D eigenvalue weighted by Gasteiger charge is 2.50. The molecule has 1 aromatic heterocycles. The Hall–Kier alpha value is -1.92. The quantitative estimate of drug-likeness (QED) is 0.832. The molecule has 108 valence electrons. The highest BCUT2D eigenvalue weighted by atomic mass is 16.2. The highest BCUT2D eigenvalue weighted by Crippen LogP contribution is 2.37. The topological polar surface area (TPSA) is 80.1 Å². The molecule has 20 heavy (non-hydrogen) atoms. The fraction of sp³-hybridized carbons (Fsp3) is 0.692. The molecule has 0 bridgehead atoms. The van der Waals surface area contributed by atoms with Crippen LogP contribution in [0.25, 0.3) is 0 Å². The van der Waals surface area contributed by atoms with Gasteiger partial charge >= 0.3 is 0 Å². The zero-order valence-corrected chi connectivity index (χ0v) is 12.0. The van der Waals surface area contributed by atoms with Crippen LogP contribution in [0.2, 0.25) is 0 Å². The van der Waals surface area contributed by atoms with Crippen LogP contribution in [-0.2, 0) is 23.2 Å². The molecule has 1 unspecified atom stereocenters. The van der Waals surface area contributed by atoms with Crippen molar-refractivity contribution in [3.8, 4) is 0 Å². The molecule has 1 saturated heterocycles. The van der Waals surface area contributed by atoms with Crippen molar-refractivity contribution in [2.24, 2.45) is 13.0 Å². The molecule has 1 N–H and O–H groups in total. The molecule has 0 aromatic carbocycles. The van der Waals surface area contributed by atoms with Gasteiger partial charge in [0.25, 0.3) is 0 Å². The molecule has 1 saturated carbocycles. The number of rotatable bonds is 3. The molecule has 3 rings (SSSR count). The van der Waals surface area contributed by atoms with E-state index in [-0.39, 0.29) is 17.9 Å². The fourth-order valence-corrected chi connectivity index (χ4v) is 2.57. The largest absolute Gasteiger partial charge is 0.342 e. The maximum absolute atomic E-state index is 12.7. The maximum Gasteiger partial charge on any atom is 0.246 e. The molecule has 7 nitrogen and oxygen atoms in total. The molecule has 7 heteroatoms. The van der Waals surface area contributed by atoms with E-state index in [0.29, 0.717) is 18.3 Å². The molecule has 1 aliphatic carbocycles. The Morgan fingerprint density at radius 3 is 2.65 bits per heavy atom. The van der Waals surface area contributed by atoms with Gasteiger partial charge in [0.15, 0.2) is 0 Å². The number of amides is 2. The Kier molecular flexibility index (Phi) is 2.81. The molecular formula is C13H19N5O2. The lowest BCUT2D eigenvalue weighted by Gasteiger charge is -2.44. The third-order valence-corrected chi connectivity index (χ3v) is 4.25. The van der Waals surface area contributed by atoms with E-state index in [2.05, 4.69) is 15.4 Å². The monoisotopic (exact) mass is 277 g/mol. The number of aromatic nitrogens is 3. The van der Waals surface area contributed by atoms with E-state index in [1.807, 2.05) is 0 Å². The van der Waals surface area contributed by atoms with Crippen LogP contribution in [0.4, 0.5) is 0 Å². The van der Waals surface area contributed by atoms with Crippen LogP contribution in [0, 0.1) is 5.92 Å². The second-order valence-corrected chi connectivity index (χ2v) is 6.07. The molecule has 1 aromatic rings. The fourth-order valence-electron chi connectivity index (χ4n) is 2.57. The van der Waals surface area contributed by atoms with E-state index in [1.165, 1.54) is 6.33 Å². The van der Waals surface area contributed by atoms with Crippen LogP contribution in [-0.4, -0.2) is 43.1 Å². The number of nitrogens with zero attached hydrogens (tertiary/aromatic N) is 4. The Morgan fingerprint density at radius 2 is 2.10 bits per heavy atom. The average Bonchev–Trinajstić information content (AvgIpc) is 3.14. The lowest BCUT2D eigenvalue weighted by molar-refractivity contribution is -0.157. The lowest BCUT2D eigenvalue weighted by atomic mass is 9.94. The van der Waals surface area contributed by atoms with Gasteiger partial charge in [-0.15, -0.1) is 0 Å². The summed E-state index contributed by atoms with van der Waals surface area (Å²) in [6.45, 7) is 3.83. The first kappa shape index (κ1) is 13.1. The van der Waals surface area contributed by atoms with Gasteiger partial charge < -0.3 is 10.2 Å². The van der Waals surface area contributed by atoms with Crippen molar-refractivity contribution in [2.45, 2.75) is 44.8 Å². The molecule has 2 heterocycles. The van der Waals surface area contributed by atoms with E-state index >= 15 is 0 Å². The lowest BCUT2D eigenvalue weighted by Crippen LogP contribution is -2.68. The van der Waals surface area contributed by atoms with Gasteiger partial charge in [0.05, 0.1) is 6.54 Å². The van der Waals surface area contributed by atoms with Crippen LogP contribution >= 0.6 is 0 Å². The van der Waals surface area contributed by atoms with E-state index in [0.717, 1.165) is 12.8 Å². The standard InChI is InChI=1S/C13H19N5O2/c1-13(2)12(20)16-10(8-4-5-8)11(19)18(13)6-9-14-7-15-17(9)3/h7-8,10H,4-6H2,1-3H3,(H,16,20). The SMILES string of the molecule is Cn1ncnc1CN1C(=O)C(C2CC2)NC(=O)C1(C)C. The first-order chi connectivity index (χ1) is 9.41. The van der Waals surface area contributed by atoms with Gasteiger partial charge in [-0.2, -0.15) is 5.10 Å². The number of hydrogen-bond donors (Lipinski definition) is 1. The second-order valence-electron chi connectivity index (χ2n) is 6.07. The highest BCUT2D eigenvalue weighted by molar-refractivity contribution is 5.99. The molecule has 2 fully saturated rings. The van der Waals surface area contributed by atoms with Crippen LogP contribution < -0.4 is 5.32 Å². The van der Waals surface area contributed by atoms with Crippen molar-refractivity contribution in [3.63, 3.8) is 0 Å². The van der Waals surface area contributed by atoms with Crippen molar-refractivity contribution < 1.29 is 9.59 Å². The summed E-state index contributed by atoms with van der Waals surface area (Å²) in [4.78, 5) is 30.7. The van der Waals surface area contributed by atoms with Gasteiger partial charge in [-0.1, -0.05) is 0 Å². The third kappa shape index (κ3) is 1.97. The maximum atomic E-state index is 12.7. The van der Waals surface area contributed by atoms with Crippen molar-refractivity contribution in [2.75, 3.05) is 0 Å². The number of aryl methyl sites for hydroxylation is 1.